The highest BCUT2D eigenvalue weighted by atomic mass is 32.2. The molecule has 110 valence electrons. The monoisotopic (exact) mass is 295 g/mol. The summed E-state index contributed by atoms with van der Waals surface area (Å²) >= 11 is 0. The summed E-state index contributed by atoms with van der Waals surface area (Å²) < 4.78 is 23.0. The summed E-state index contributed by atoms with van der Waals surface area (Å²) in [6.07, 6.45) is 1.28. The third-order valence-electron chi connectivity index (χ3n) is 2.76. The van der Waals surface area contributed by atoms with Crippen LogP contribution in [0.5, 0.6) is 0 Å². The van der Waals surface area contributed by atoms with Crippen LogP contribution in [0.3, 0.4) is 0 Å². The van der Waals surface area contributed by atoms with Gasteiger partial charge in [0.25, 0.3) is 0 Å². The lowest BCUT2D eigenvalue weighted by Crippen LogP contribution is -2.24. The van der Waals surface area contributed by atoms with Gasteiger partial charge in [0, 0.05) is 5.69 Å². The Labute approximate surface area is 120 Å². The second-order valence-electron chi connectivity index (χ2n) is 5.72. The fourth-order valence-corrected chi connectivity index (χ4v) is 2.64. The van der Waals surface area contributed by atoms with Crippen molar-refractivity contribution in [3.8, 4) is 0 Å². The van der Waals surface area contributed by atoms with E-state index in [0.717, 1.165) is 5.56 Å². The number of hydrogen-bond acceptors (Lipinski definition) is 3. The van der Waals surface area contributed by atoms with Gasteiger partial charge in [0.15, 0.2) is 9.84 Å². The molecule has 1 amide bonds. The van der Waals surface area contributed by atoms with E-state index in [1.165, 1.54) is 6.08 Å². The molecule has 0 fully saturated rings. The third-order valence-corrected chi connectivity index (χ3v) is 4.20. The lowest BCUT2D eigenvalue weighted by molar-refractivity contribution is -0.113. The third kappa shape index (κ3) is 5.17. The number of carbonyl (C=O) groups is 1. The SMILES string of the molecule is C=CCS(=O)(=O)CC(=O)Nc1ccc(C(C)(C)C)cc1. The quantitative estimate of drug-likeness (QED) is 0.849. The van der Waals surface area contributed by atoms with E-state index in [0.29, 0.717) is 5.69 Å². The molecule has 0 aromatic heterocycles. The number of amides is 1. The highest BCUT2D eigenvalue weighted by Crippen LogP contribution is 2.23. The van der Waals surface area contributed by atoms with E-state index in [9.17, 15) is 13.2 Å². The Bertz CT molecular complexity index is 581. The number of anilines is 1. The van der Waals surface area contributed by atoms with E-state index in [1.807, 2.05) is 12.1 Å². The first-order chi connectivity index (χ1) is 9.14. The van der Waals surface area contributed by atoms with Crippen LogP contribution in [0, 0.1) is 0 Å². The number of carbonyl (C=O) groups excluding carboxylic acids is 1. The van der Waals surface area contributed by atoms with Crippen LogP contribution >= 0.6 is 0 Å². The van der Waals surface area contributed by atoms with E-state index in [-0.39, 0.29) is 11.2 Å². The summed E-state index contributed by atoms with van der Waals surface area (Å²) in [6, 6.07) is 7.40. The zero-order valence-electron chi connectivity index (χ0n) is 12.1. The Morgan fingerprint density at radius 1 is 1.25 bits per heavy atom. The Hall–Kier alpha value is -1.62. The number of rotatable bonds is 5. The van der Waals surface area contributed by atoms with Crippen molar-refractivity contribution < 1.29 is 13.2 Å². The van der Waals surface area contributed by atoms with Crippen molar-refractivity contribution in [1.29, 1.82) is 0 Å². The van der Waals surface area contributed by atoms with Gasteiger partial charge in [0.1, 0.15) is 5.75 Å². The maximum atomic E-state index is 11.7. The highest BCUT2D eigenvalue weighted by molar-refractivity contribution is 7.92. The number of nitrogens with one attached hydrogen (secondary N) is 1. The van der Waals surface area contributed by atoms with E-state index in [4.69, 9.17) is 0 Å². The molecular weight excluding hydrogens is 274 g/mol. The summed E-state index contributed by atoms with van der Waals surface area (Å²) in [4.78, 5) is 11.7. The van der Waals surface area contributed by atoms with Crippen molar-refractivity contribution in [1.82, 2.24) is 0 Å². The van der Waals surface area contributed by atoms with Gasteiger partial charge in [0.05, 0.1) is 5.75 Å². The molecule has 1 aromatic rings. The van der Waals surface area contributed by atoms with E-state index < -0.39 is 21.5 Å². The summed E-state index contributed by atoms with van der Waals surface area (Å²) in [7, 11) is -3.41. The van der Waals surface area contributed by atoms with Crippen molar-refractivity contribution in [2.24, 2.45) is 0 Å². The fraction of sp³-hybridized carbons (Fsp3) is 0.400. The highest BCUT2D eigenvalue weighted by Gasteiger charge is 2.16. The van der Waals surface area contributed by atoms with Gasteiger partial charge in [-0.25, -0.2) is 8.42 Å². The Kier molecular flexibility index (Phi) is 5.11. The molecule has 20 heavy (non-hydrogen) atoms. The number of sulfone groups is 1. The van der Waals surface area contributed by atoms with Crippen LogP contribution in [0.25, 0.3) is 0 Å². The van der Waals surface area contributed by atoms with Crippen LogP contribution in [0.1, 0.15) is 26.3 Å². The Morgan fingerprint density at radius 3 is 2.25 bits per heavy atom. The van der Waals surface area contributed by atoms with Gasteiger partial charge < -0.3 is 5.32 Å². The van der Waals surface area contributed by atoms with Crippen LogP contribution in [0.4, 0.5) is 5.69 Å². The summed E-state index contributed by atoms with van der Waals surface area (Å²) in [5, 5.41) is 2.58. The van der Waals surface area contributed by atoms with Gasteiger partial charge >= 0.3 is 0 Å². The molecule has 0 bridgehead atoms. The molecule has 0 saturated carbocycles. The van der Waals surface area contributed by atoms with Crippen LogP contribution in [-0.4, -0.2) is 25.8 Å². The van der Waals surface area contributed by atoms with Crippen molar-refractivity contribution in [3.05, 3.63) is 42.5 Å². The predicted molar refractivity (Wildman–Crippen MR) is 82.6 cm³/mol. The molecule has 1 rings (SSSR count). The van der Waals surface area contributed by atoms with Gasteiger partial charge in [-0.1, -0.05) is 39.0 Å². The van der Waals surface area contributed by atoms with E-state index in [1.54, 1.807) is 12.1 Å². The minimum Gasteiger partial charge on any atom is -0.325 e. The van der Waals surface area contributed by atoms with Crippen LogP contribution < -0.4 is 5.32 Å². The van der Waals surface area contributed by atoms with Crippen molar-refractivity contribution in [2.75, 3.05) is 16.8 Å². The Balaban J connectivity index is 2.70. The Morgan fingerprint density at radius 2 is 1.80 bits per heavy atom. The maximum absolute atomic E-state index is 11.7. The average Bonchev–Trinajstić information content (AvgIpc) is 2.27. The predicted octanol–water partition coefficient (Wildman–Crippen LogP) is 2.52. The molecule has 0 saturated heterocycles. The smallest absolute Gasteiger partial charge is 0.239 e. The molecule has 0 radical (unpaired) electrons. The van der Waals surface area contributed by atoms with Crippen LogP contribution in [-0.2, 0) is 20.0 Å². The second kappa shape index (κ2) is 6.22. The standard InChI is InChI=1S/C15H21NO3S/c1-5-10-20(18,19)11-14(17)16-13-8-6-12(7-9-13)15(2,3)4/h5-9H,1,10-11H2,2-4H3,(H,16,17). The molecule has 5 heteroatoms. The zero-order chi connectivity index (χ0) is 15.4. The molecule has 0 spiro atoms. The molecule has 0 aliphatic carbocycles. The first kappa shape index (κ1) is 16.4. The topological polar surface area (TPSA) is 63.2 Å². The molecule has 1 aromatic carbocycles. The number of hydrogen-bond donors (Lipinski definition) is 1. The van der Waals surface area contributed by atoms with Crippen LogP contribution in [0.15, 0.2) is 36.9 Å². The second-order valence-corrected chi connectivity index (χ2v) is 7.83. The van der Waals surface area contributed by atoms with Crippen molar-refractivity contribution in [3.63, 3.8) is 0 Å². The largest absolute Gasteiger partial charge is 0.325 e. The molecule has 1 N–H and O–H groups in total. The van der Waals surface area contributed by atoms with Gasteiger partial charge in [-0.3, -0.25) is 4.79 Å². The van der Waals surface area contributed by atoms with Gasteiger partial charge in [-0.2, -0.15) is 0 Å². The molecule has 0 unspecified atom stereocenters. The minimum atomic E-state index is -3.41. The summed E-state index contributed by atoms with van der Waals surface area (Å²) in [6.45, 7) is 9.66. The zero-order valence-corrected chi connectivity index (χ0v) is 13.0. The normalized spacial score (nSPS) is 11.9. The molecule has 0 aliphatic heterocycles. The van der Waals surface area contributed by atoms with Gasteiger partial charge in [0.2, 0.25) is 5.91 Å². The fourth-order valence-electron chi connectivity index (χ4n) is 1.69. The van der Waals surface area contributed by atoms with Crippen LogP contribution in [0.2, 0.25) is 0 Å². The lowest BCUT2D eigenvalue weighted by Gasteiger charge is -2.19. The van der Waals surface area contributed by atoms with Gasteiger partial charge in [-0.05, 0) is 23.1 Å². The van der Waals surface area contributed by atoms with Crippen molar-refractivity contribution >= 4 is 21.4 Å². The summed E-state index contributed by atoms with van der Waals surface area (Å²) in [5.74, 6) is -1.25. The van der Waals surface area contributed by atoms with E-state index >= 15 is 0 Å². The molecule has 4 nitrogen and oxygen atoms in total. The molecule has 0 heterocycles. The molecule has 0 aliphatic rings. The summed E-state index contributed by atoms with van der Waals surface area (Å²) in [5.41, 5.74) is 1.78. The first-order valence-corrected chi connectivity index (χ1v) is 8.18. The lowest BCUT2D eigenvalue weighted by atomic mass is 9.87. The van der Waals surface area contributed by atoms with E-state index in [2.05, 4.69) is 32.7 Å². The van der Waals surface area contributed by atoms with Gasteiger partial charge in [-0.15, -0.1) is 6.58 Å². The average molecular weight is 295 g/mol. The molecule has 0 atom stereocenters. The first-order valence-electron chi connectivity index (χ1n) is 6.36. The minimum absolute atomic E-state index is 0.0375. The molecular formula is C15H21NO3S. The number of benzene rings is 1. The maximum Gasteiger partial charge on any atom is 0.239 e. The van der Waals surface area contributed by atoms with Crippen molar-refractivity contribution in [2.45, 2.75) is 26.2 Å².